The highest BCUT2D eigenvalue weighted by molar-refractivity contribution is 6.05. The van der Waals surface area contributed by atoms with Crippen LogP contribution in [-0.4, -0.2) is 67.5 Å². The van der Waals surface area contributed by atoms with Gasteiger partial charge in [-0.15, -0.1) is 12.4 Å². The Morgan fingerprint density at radius 1 is 1.22 bits per heavy atom. The van der Waals surface area contributed by atoms with Crippen molar-refractivity contribution in [3.8, 4) is 5.75 Å². The molecule has 0 aliphatic carbocycles. The second-order valence-corrected chi connectivity index (χ2v) is 7.47. The van der Waals surface area contributed by atoms with Gasteiger partial charge in [-0.25, -0.2) is 0 Å². The predicted molar refractivity (Wildman–Crippen MR) is 117 cm³/mol. The molecule has 1 atom stereocenters. The maximum Gasteiger partial charge on any atom is 0.257 e. The van der Waals surface area contributed by atoms with Crippen LogP contribution in [0.3, 0.4) is 0 Å². The van der Waals surface area contributed by atoms with Crippen molar-refractivity contribution in [1.29, 1.82) is 0 Å². The van der Waals surface area contributed by atoms with Crippen molar-refractivity contribution in [2.45, 2.75) is 38.3 Å². The second-order valence-electron chi connectivity index (χ2n) is 7.47. The molecule has 1 saturated heterocycles. The van der Waals surface area contributed by atoms with Crippen LogP contribution in [0.4, 0.5) is 0 Å². The summed E-state index contributed by atoms with van der Waals surface area (Å²) >= 11 is 0. The zero-order valence-electron chi connectivity index (χ0n) is 17.8. The molecule has 2 aliphatic heterocycles. The van der Waals surface area contributed by atoms with E-state index >= 15 is 0 Å². The van der Waals surface area contributed by atoms with Gasteiger partial charge >= 0.3 is 0 Å². The summed E-state index contributed by atoms with van der Waals surface area (Å²) in [6.07, 6.45) is 2.04. The molecule has 0 radical (unpaired) electrons. The lowest BCUT2D eigenvalue weighted by molar-refractivity contribution is -0.137. The third-order valence-electron chi connectivity index (χ3n) is 5.15. The Balaban J connectivity index is 0.00000363. The first-order valence-corrected chi connectivity index (χ1v) is 10.4. The molecule has 4 amide bonds. The quantitative estimate of drug-likeness (QED) is 0.309. The Morgan fingerprint density at radius 2 is 2.00 bits per heavy atom. The topological polar surface area (TPSA) is 140 Å². The first-order valence-electron chi connectivity index (χ1n) is 10.4. The first kappa shape index (κ1) is 25.6. The molecule has 1 unspecified atom stereocenters. The van der Waals surface area contributed by atoms with Crippen LogP contribution in [0, 0.1) is 0 Å². The molecule has 0 spiro atoms. The van der Waals surface area contributed by atoms with E-state index in [4.69, 9.17) is 15.2 Å². The van der Waals surface area contributed by atoms with E-state index in [0.717, 1.165) is 12.0 Å². The normalized spacial score (nSPS) is 17.5. The molecule has 2 aliphatic rings. The van der Waals surface area contributed by atoms with E-state index in [9.17, 15) is 19.2 Å². The van der Waals surface area contributed by atoms with Crippen LogP contribution in [0.25, 0.3) is 0 Å². The molecule has 0 saturated carbocycles. The maximum absolute atomic E-state index is 12.7. The van der Waals surface area contributed by atoms with E-state index in [0.29, 0.717) is 50.5 Å². The number of carbonyl (C=O) groups excluding carboxylic acids is 4. The molecule has 176 valence electrons. The van der Waals surface area contributed by atoms with Crippen molar-refractivity contribution in [2.24, 2.45) is 5.73 Å². The van der Waals surface area contributed by atoms with Crippen LogP contribution in [0.1, 0.15) is 41.6 Å². The summed E-state index contributed by atoms with van der Waals surface area (Å²) in [5.41, 5.74) is 6.60. The summed E-state index contributed by atoms with van der Waals surface area (Å²) in [6, 6.07) is 4.31. The van der Waals surface area contributed by atoms with Gasteiger partial charge < -0.3 is 25.4 Å². The van der Waals surface area contributed by atoms with Crippen molar-refractivity contribution in [3.05, 3.63) is 29.3 Å². The molecule has 1 fully saturated rings. The second kappa shape index (κ2) is 12.4. The van der Waals surface area contributed by atoms with Crippen molar-refractivity contribution in [1.82, 2.24) is 15.5 Å². The smallest absolute Gasteiger partial charge is 0.257 e. The molecule has 2 heterocycles. The Hall–Kier alpha value is -2.69. The van der Waals surface area contributed by atoms with Gasteiger partial charge in [0.05, 0.1) is 0 Å². The van der Waals surface area contributed by atoms with Crippen LogP contribution in [0.5, 0.6) is 5.75 Å². The van der Waals surface area contributed by atoms with E-state index in [-0.39, 0.29) is 49.7 Å². The van der Waals surface area contributed by atoms with Gasteiger partial charge in [0.25, 0.3) is 11.8 Å². The summed E-state index contributed by atoms with van der Waals surface area (Å²) in [7, 11) is 0. The lowest BCUT2D eigenvalue weighted by Gasteiger charge is -2.29. The highest BCUT2D eigenvalue weighted by Gasteiger charge is 2.39. The largest absolute Gasteiger partial charge is 0.484 e. The van der Waals surface area contributed by atoms with E-state index in [1.165, 1.54) is 4.90 Å². The van der Waals surface area contributed by atoms with Gasteiger partial charge in [-0.3, -0.25) is 24.5 Å². The average Bonchev–Trinajstić information content (AvgIpc) is 3.07. The summed E-state index contributed by atoms with van der Waals surface area (Å²) in [5, 5.41) is 5.04. The Morgan fingerprint density at radius 3 is 2.75 bits per heavy atom. The van der Waals surface area contributed by atoms with Gasteiger partial charge in [-0.1, -0.05) is 0 Å². The number of halogens is 1. The molecular weight excluding hydrogens is 440 g/mol. The summed E-state index contributed by atoms with van der Waals surface area (Å²) in [6.45, 7) is 2.38. The van der Waals surface area contributed by atoms with Crippen molar-refractivity contribution in [3.63, 3.8) is 0 Å². The average molecular weight is 469 g/mol. The Kier molecular flexibility index (Phi) is 9.89. The van der Waals surface area contributed by atoms with Gasteiger partial charge in [0, 0.05) is 38.3 Å². The van der Waals surface area contributed by atoms with Gasteiger partial charge in [0.15, 0.2) is 6.61 Å². The zero-order valence-corrected chi connectivity index (χ0v) is 18.6. The lowest BCUT2D eigenvalue weighted by atomic mass is 10.0. The maximum atomic E-state index is 12.7. The Labute approximate surface area is 192 Å². The van der Waals surface area contributed by atoms with Crippen LogP contribution >= 0.6 is 12.4 Å². The number of fused-ring (bicyclic) bond motifs is 1. The van der Waals surface area contributed by atoms with E-state index < -0.39 is 11.9 Å². The number of rotatable bonds is 11. The summed E-state index contributed by atoms with van der Waals surface area (Å²) < 4.78 is 10.9. The molecule has 1 aromatic carbocycles. The van der Waals surface area contributed by atoms with E-state index in [1.807, 2.05) is 0 Å². The van der Waals surface area contributed by atoms with Gasteiger partial charge in [-0.05, 0) is 49.6 Å². The fourth-order valence-electron chi connectivity index (χ4n) is 3.53. The highest BCUT2D eigenvalue weighted by atomic mass is 35.5. The number of carbonyl (C=O) groups is 4. The van der Waals surface area contributed by atoms with Crippen molar-refractivity contribution < 1.29 is 28.7 Å². The fraction of sp³-hybridized carbons (Fsp3) is 0.524. The number of ether oxygens (including phenoxy) is 2. The number of imide groups is 1. The van der Waals surface area contributed by atoms with Gasteiger partial charge in [0.1, 0.15) is 11.8 Å². The third kappa shape index (κ3) is 6.65. The number of benzene rings is 1. The molecule has 10 nitrogen and oxygen atoms in total. The molecule has 0 bridgehead atoms. The molecule has 1 aromatic rings. The van der Waals surface area contributed by atoms with Crippen LogP contribution in [0.2, 0.25) is 0 Å². The van der Waals surface area contributed by atoms with Crippen LogP contribution < -0.4 is 21.1 Å². The van der Waals surface area contributed by atoms with Gasteiger partial charge in [-0.2, -0.15) is 0 Å². The standard InChI is InChI=1S/C21H28N4O6.ClH/c22-7-1-9-30-10-2-8-23-19(27)13-31-15-3-4-16-14(11-15)12-25(21(16)29)17-5-6-18(26)24-20(17)28;/h3-4,11,17H,1-2,5-10,12-13,22H2,(H,23,27)(H,24,26,28);1H. The highest BCUT2D eigenvalue weighted by Crippen LogP contribution is 2.30. The number of amides is 4. The first-order chi connectivity index (χ1) is 15.0. The van der Waals surface area contributed by atoms with Crippen molar-refractivity contribution >= 4 is 36.0 Å². The fourth-order valence-corrected chi connectivity index (χ4v) is 3.53. The van der Waals surface area contributed by atoms with E-state index in [1.54, 1.807) is 18.2 Å². The molecule has 32 heavy (non-hydrogen) atoms. The summed E-state index contributed by atoms with van der Waals surface area (Å²) in [5.74, 6) is -0.794. The number of piperidine rings is 1. The van der Waals surface area contributed by atoms with Crippen LogP contribution in [0.15, 0.2) is 18.2 Å². The Bertz CT molecular complexity index is 850. The minimum atomic E-state index is -0.660. The number of hydrogen-bond donors (Lipinski definition) is 3. The van der Waals surface area contributed by atoms with Gasteiger partial charge in [0.2, 0.25) is 11.8 Å². The monoisotopic (exact) mass is 468 g/mol. The number of nitrogens with zero attached hydrogens (tertiary/aromatic N) is 1. The number of nitrogens with one attached hydrogen (secondary N) is 2. The van der Waals surface area contributed by atoms with E-state index in [2.05, 4.69) is 10.6 Å². The zero-order chi connectivity index (χ0) is 22.2. The molecule has 3 rings (SSSR count). The lowest BCUT2D eigenvalue weighted by Crippen LogP contribution is -2.52. The number of hydrogen-bond acceptors (Lipinski definition) is 7. The van der Waals surface area contributed by atoms with Crippen LogP contribution in [-0.2, 0) is 25.7 Å². The molecule has 0 aromatic heterocycles. The minimum Gasteiger partial charge on any atom is -0.484 e. The predicted octanol–water partition coefficient (Wildman–Crippen LogP) is 0.120. The molecule has 4 N–H and O–H groups in total. The minimum absolute atomic E-state index is 0. The number of nitrogens with two attached hydrogens (primary N) is 1. The van der Waals surface area contributed by atoms with Crippen molar-refractivity contribution in [2.75, 3.05) is 32.9 Å². The third-order valence-corrected chi connectivity index (χ3v) is 5.15. The molecule has 11 heteroatoms. The molecular formula is C21H29ClN4O6. The SMILES string of the molecule is Cl.NCCCOCCCNC(=O)COc1ccc2c(c1)CN(C1CCC(=O)NC1=O)C2=O. The summed E-state index contributed by atoms with van der Waals surface area (Å²) in [4.78, 5) is 49.5.